The summed E-state index contributed by atoms with van der Waals surface area (Å²) in [6.45, 7) is 5.46. The Morgan fingerprint density at radius 3 is 2.94 bits per heavy atom. The van der Waals surface area contributed by atoms with Crippen LogP contribution in [-0.4, -0.2) is 38.4 Å². The van der Waals surface area contributed by atoms with Crippen LogP contribution in [-0.2, 0) is 37.1 Å². The predicted molar refractivity (Wildman–Crippen MR) is 132 cm³/mol. The smallest absolute Gasteiger partial charge is 0.273 e. The average Bonchev–Trinajstić information content (AvgIpc) is 3.53. The molecule has 3 aromatic heterocycles. The van der Waals surface area contributed by atoms with Crippen LogP contribution in [0.15, 0.2) is 47.2 Å². The molecule has 4 aromatic rings. The van der Waals surface area contributed by atoms with Crippen molar-refractivity contribution in [2.45, 2.75) is 52.6 Å². The molecule has 0 spiro atoms. The highest BCUT2D eigenvalue weighted by Crippen LogP contribution is 2.25. The highest BCUT2D eigenvalue weighted by atomic mass is 16.5. The summed E-state index contributed by atoms with van der Waals surface area (Å²) >= 11 is 0. The van der Waals surface area contributed by atoms with Crippen molar-refractivity contribution in [3.8, 4) is 0 Å². The Morgan fingerprint density at radius 2 is 2.11 bits per heavy atom. The summed E-state index contributed by atoms with van der Waals surface area (Å²) < 4.78 is 5.14. The second-order valence-electron chi connectivity index (χ2n) is 8.97. The van der Waals surface area contributed by atoms with Crippen molar-refractivity contribution in [3.63, 3.8) is 0 Å². The minimum absolute atomic E-state index is 0.147. The molecular formula is C27H29N5O3. The number of rotatable bonds is 7. The summed E-state index contributed by atoms with van der Waals surface area (Å²) in [5.74, 6) is 0.559. The van der Waals surface area contributed by atoms with E-state index >= 15 is 0 Å². The second-order valence-corrected chi connectivity index (χ2v) is 8.97. The van der Waals surface area contributed by atoms with Crippen molar-refractivity contribution in [2.75, 3.05) is 6.54 Å². The highest BCUT2D eigenvalue weighted by Gasteiger charge is 2.24. The van der Waals surface area contributed by atoms with Crippen molar-refractivity contribution < 1.29 is 14.1 Å². The molecule has 0 saturated carbocycles. The molecule has 4 heterocycles. The molecule has 0 atom stereocenters. The van der Waals surface area contributed by atoms with Gasteiger partial charge in [-0.15, -0.1) is 0 Å². The summed E-state index contributed by atoms with van der Waals surface area (Å²) in [6.07, 6.45) is 6.46. The maximum absolute atomic E-state index is 13.0. The number of nitrogens with one attached hydrogen (secondary N) is 2. The molecule has 35 heavy (non-hydrogen) atoms. The molecule has 2 amide bonds. The molecule has 180 valence electrons. The zero-order chi connectivity index (χ0) is 24.4. The first-order valence-electron chi connectivity index (χ1n) is 12.1. The van der Waals surface area contributed by atoms with Crippen LogP contribution < -0.4 is 5.32 Å². The van der Waals surface area contributed by atoms with E-state index in [-0.39, 0.29) is 17.5 Å². The van der Waals surface area contributed by atoms with Crippen LogP contribution in [0.1, 0.15) is 57.5 Å². The zero-order valence-corrected chi connectivity index (χ0v) is 20.1. The maximum Gasteiger partial charge on any atom is 0.273 e. The highest BCUT2D eigenvalue weighted by molar-refractivity contribution is 5.92. The Kier molecular flexibility index (Phi) is 6.35. The molecule has 0 fully saturated rings. The van der Waals surface area contributed by atoms with Gasteiger partial charge in [-0.1, -0.05) is 30.3 Å². The number of aromatic nitrogens is 3. The summed E-state index contributed by atoms with van der Waals surface area (Å²) in [4.78, 5) is 35.3. The van der Waals surface area contributed by atoms with Crippen molar-refractivity contribution >= 4 is 22.7 Å². The minimum Gasteiger partial charge on any atom is -0.361 e. The van der Waals surface area contributed by atoms with Gasteiger partial charge in [0.15, 0.2) is 5.69 Å². The third-order valence-corrected chi connectivity index (χ3v) is 6.80. The monoisotopic (exact) mass is 471 g/mol. The van der Waals surface area contributed by atoms with Gasteiger partial charge in [-0.05, 0) is 48.1 Å². The van der Waals surface area contributed by atoms with Gasteiger partial charge in [0.1, 0.15) is 5.76 Å². The number of pyridine rings is 1. The molecule has 0 unspecified atom stereocenters. The molecule has 8 nitrogen and oxygen atoms in total. The molecule has 5 rings (SSSR count). The molecule has 2 N–H and O–H groups in total. The van der Waals surface area contributed by atoms with Gasteiger partial charge in [0.25, 0.3) is 5.91 Å². The van der Waals surface area contributed by atoms with E-state index in [4.69, 9.17) is 4.52 Å². The topological polar surface area (TPSA) is 104 Å². The van der Waals surface area contributed by atoms with Crippen molar-refractivity contribution in [3.05, 3.63) is 82.1 Å². The lowest BCUT2D eigenvalue weighted by Crippen LogP contribution is -2.37. The Labute approximate surface area is 203 Å². The van der Waals surface area contributed by atoms with Crippen LogP contribution in [0.2, 0.25) is 0 Å². The fraction of sp³-hybridized carbons (Fsp3) is 0.333. The molecule has 1 aliphatic rings. The van der Waals surface area contributed by atoms with Crippen LogP contribution in [0.3, 0.4) is 0 Å². The first kappa shape index (κ1) is 22.8. The van der Waals surface area contributed by atoms with Crippen molar-refractivity contribution in [1.29, 1.82) is 0 Å². The van der Waals surface area contributed by atoms with Crippen LogP contribution in [0.25, 0.3) is 10.9 Å². The van der Waals surface area contributed by atoms with Crippen LogP contribution >= 0.6 is 0 Å². The van der Waals surface area contributed by atoms with Gasteiger partial charge < -0.3 is 19.7 Å². The lowest BCUT2D eigenvalue weighted by Gasteiger charge is -2.30. The Hall–Kier alpha value is -3.94. The van der Waals surface area contributed by atoms with Gasteiger partial charge in [-0.3, -0.25) is 14.6 Å². The van der Waals surface area contributed by atoms with Crippen LogP contribution in [0, 0.1) is 6.92 Å². The average molecular weight is 472 g/mol. The standard InChI is InChI=1S/C27H29N5O3/c1-3-20-12-25(31-35-20)27(34)30-15-23-17(2)28-14-19-16-32(11-10-21(19)23)26(33)9-8-18-13-29-24-7-5-4-6-22(18)24/h4-7,12-14,29H,3,8-11,15-16H2,1-2H3,(H,30,34). The van der Waals surface area contributed by atoms with E-state index in [0.29, 0.717) is 44.7 Å². The van der Waals surface area contributed by atoms with E-state index in [0.717, 1.165) is 28.8 Å². The molecule has 0 aliphatic carbocycles. The summed E-state index contributed by atoms with van der Waals surface area (Å²) in [6, 6.07) is 9.82. The maximum atomic E-state index is 13.0. The number of aromatic amines is 1. The second kappa shape index (κ2) is 9.74. The van der Waals surface area contributed by atoms with E-state index in [9.17, 15) is 9.59 Å². The lowest BCUT2D eigenvalue weighted by atomic mass is 9.94. The van der Waals surface area contributed by atoms with Gasteiger partial charge in [0.2, 0.25) is 5.91 Å². The minimum atomic E-state index is -0.268. The molecule has 0 bridgehead atoms. The largest absolute Gasteiger partial charge is 0.361 e. The SMILES string of the molecule is CCc1cc(C(=O)NCc2c(C)ncc3c2CCN(C(=O)CCc2c[nH]c4ccccc24)C3)no1. The third-order valence-electron chi connectivity index (χ3n) is 6.80. The molecule has 0 saturated heterocycles. The fourth-order valence-corrected chi connectivity index (χ4v) is 4.75. The van der Waals surface area contributed by atoms with E-state index in [1.54, 1.807) is 6.07 Å². The van der Waals surface area contributed by atoms with Gasteiger partial charge in [-0.2, -0.15) is 0 Å². The molecule has 0 radical (unpaired) electrons. The van der Waals surface area contributed by atoms with Gasteiger partial charge in [0.05, 0.1) is 0 Å². The number of hydrogen-bond donors (Lipinski definition) is 2. The Morgan fingerprint density at radius 1 is 1.26 bits per heavy atom. The zero-order valence-electron chi connectivity index (χ0n) is 20.1. The number of para-hydroxylation sites is 1. The predicted octanol–water partition coefficient (Wildman–Crippen LogP) is 3.87. The number of H-pyrrole nitrogens is 1. The Balaban J connectivity index is 1.23. The number of aryl methyl sites for hydroxylation is 3. The fourth-order valence-electron chi connectivity index (χ4n) is 4.75. The van der Waals surface area contributed by atoms with Crippen molar-refractivity contribution in [2.24, 2.45) is 0 Å². The number of benzene rings is 1. The van der Waals surface area contributed by atoms with E-state index in [1.165, 1.54) is 16.5 Å². The Bertz CT molecular complexity index is 1390. The third kappa shape index (κ3) is 4.69. The first-order chi connectivity index (χ1) is 17.0. The quantitative estimate of drug-likeness (QED) is 0.426. The molecule has 8 heteroatoms. The summed E-state index contributed by atoms with van der Waals surface area (Å²) in [7, 11) is 0. The number of carbonyl (C=O) groups is 2. The number of hydrogen-bond acceptors (Lipinski definition) is 5. The van der Waals surface area contributed by atoms with Gasteiger partial charge in [0, 0.05) is 67.5 Å². The first-order valence-corrected chi connectivity index (χ1v) is 12.1. The number of fused-ring (bicyclic) bond motifs is 2. The van der Waals surface area contributed by atoms with E-state index in [1.807, 2.05) is 49.3 Å². The summed E-state index contributed by atoms with van der Waals surface area (Å²) in [5.41, 5.74) is 6.66. The molecule has 1 aromatic carbocycles. The van der Waals surface area contributed by atoms with Crippen LogP contribution in [0.4, 0.5) is 0 Å². The van der Waals surface area contributed by atoms with E-state index < -0.39 is 0 Å². The van der Waals surface area contributed by atoms with E-state index in [2.05, 4.69) is 26.5 Å². The normalized spacial score (nSPS) is 13.1. The number of carbonyl (C=O) groups excluding carboxylic acids is 2. The lowest BCUT2D eigenvalue weighted by molar-refractivity contribution is -0.132. The number of nitrogens with zero attached hydrogens (tertiary/aromatic N) is 3. The van der Waals surface area contributed by atoms with Gasteiger partial charge >= 0.3 is 0 Å². The van der Waals surface area contributed by atoms with Crippen LogP contribution in [0.5, 0.6) is 0 Å². The number of amides is 2. The molecule has 1 aliphatic heterocycles. The van der Waals surface area contributed by atoms with Crippen molar-refractivity contribution in [1.82, 2.24) is 25.3 Å². The molecular weight excluding hydrogens is 442 g/mol. The summed E-state index contributed by atoms with van der Waals surface area (Å²) in [5, 5.41) is 7.96. The van der Waals surface area contributed by atoms with Gasteiger partial charge in [-0.25, -0.2) is 0 Å².